The average molecular weight is 450 g/mol. The van der Waals surface area contributed by atoms with Crippen LogP contribution in [-0.2, 0) is 19.1 Å². The molecule has 11 nitrogen and oxygen atoms in total. The maximum Gasteiger partial charge on any atom is 0.408 e. The Labute approximate surface area is 186 Å². The minimum Gasteiger partial charge on any atom is -0.505 e. The molecule has 1 aliphatic rings. The van der Waals surface area contributed by atoms with E-state index in [2.05, 4.69) is 10.3 Å². The summed E-state index contributed by atoms with van der Waals surface area (Å²) in [6.07, 6.45) is 0.931. The van der Waals surface area contributed by atoms with Gasteiger partial charge in [-0.1, -0.05) is 13.8 Å². The van der Waals surface area contributed by atoms with Crippen molar-refractivity contribution in [3.05, 3.63) is 24.0 Å². The fraction of sp³-hybridized carbons (Fsp3) is 0.571. The second-order valence-corrected chi connectivity index (χ2v) is 8.91. The van der Waals surface area contributed by atoms with E-state index in [-0.39, 0.29) is 36.1 Å². The maximum atomic E-state index is 13.2. The first-order chi connectivity index (χ1) is 14.8. The van der Waals surface area contributed by atoms with Gasteiger partial charge in [-0.15, -0.1) is 0 Å². The lowest BCUT2D eigenvalue weighted by Crippen LogP contribution is -2.54. The number of aromatic nitrogens is 1. The van der Waals surface area contributed by atoms with Crippen LogP contribution in [0.1, 0.15) is 46.6 Å². The van der Waals surface area contributed by atoms with Gasteiger partial charge in [-0.3, -0.25) is 15.2 Å². The molecule has 32 heavy (non-hydrogen) atoms. The number of carbonyl (C=O) groups excluding carboxylic acids is 2. The van der Waals surface area contributed by atoms with Gasteiger partial charge in [0.2, 0.25) is 11.8 Å². The molecule has 2 amide bonds. The van der Waals surface area contributed by atoms with Crippen LogP contribution in [0.3, 0.4) is 0 Å². The Hall–Kier alpha value is -3.37. The third-order valence-electron chi connectivity index (χ3n) is 4.76. The van der Waals surface area contributed by atoms with E-state index in [1.54, 1.807) is 34.6 Å². The Morgan fingerprint density at radius 2 is 1.97 bits per heavy atom. The minimum atomic E-state index is -1.22. The fourth-order valence-corrected chi connectivity index (χ4v) is 3.30. The van der Waals surface area contributed by atoms with Gasteiger partial charge in [-0.25, -0.2) is 9.59 Å². The molecule has 0 aliphatic carbocycles. The molecule has 0 saturated carbocycles. The van der Waals surface area contributed by atoms with Crippen molar-refractivity contribution in [1.82, 2.24) is 15.2 Å². The van der Waals surface area contributed by atoms with E-state index in [1.807, 2.05) is 0 Å². The highest BCUT2D eigenvalue weighted by Gasteiger charge is 2.44. The summed E-state index contributed by atoms with van der Waals surface area (Å²) in [6.45, 7) is 8.43. The number of aliphatic carboxylic acids is 1. The fourth-order valence-electron chi connectivity index (χ4n) is 3.30. The van der Waals surface area contributed by atoms with Crippen LogP contribution in [0.2, 0.25) is 0 Å². The Morgan fingerprint density at radius 3 is 2.50 bits per heavy atom. The van der Waals surface area contributed by atoms with Crippen molar-refractivity contribution in [2.45, 2.75) is 64.8 Å². The van der Waals surface area contributed by atoms with E-state index in [0.717, 1.165) is 11.1 Å². The summed E-state index contributed by atoms with van der Waals surface area (Å²) in [6, 6.07) is -0.800. The highest BCUT2D eigenvalue weighted by Crippen LogP contribution is 2.25. The van der Waals surface area contributed by atoms with Crippen LogP contribution >= 0.6 is 0 Å². The van der Waals surface area contributed by atoms with Crippen molar-refractivity contribution in [2.24, 2.45) is 5.92 Å². The van der Waals surface area contributed by atoms with E-state index >= 15 is 0 Å². The van der Waals surface area contributed by atoms with Crippen molar-refractivity contribution in [3.8, 4) is 5.75 Å². The van der Waals surface area contributed by atoms with Crippen molar-refractivity contribution < 1.29 is 34.1 Å². The standard InChI is InChI=1S/C21H30N4O7/c1-11(2)16(24-20(30)32-21(3,4)5)18(27)25-10-12(8-14(25)19(28)29)31-17(22)13-6-7-23-9-15(13)26/h6-7,9,11-12,14,16,22,26H,8,10H2,1-5H3,(H,24,30)(H,28,29)/t12-,14-,16?/m0/s1. The Balaban J connectivity index is 2.15. The summed E-state index contributed by atoms with van der Waals surface area (Å²) in [5.74, 6) is -2.75. The molecule has 0 radical (unpaired) electrons. The maximum absolute atomic E-state index is 13.2. The van der Waals surface area contributed by atoms with Crippen LogP contribution in [-0.4, -0.2) is 74.3 Å². The van der Waals surface area contributed by atoms with Crippen LogP contribution in [0.25, 0.3) is 0 Å². The predicted octanol–water partition coefficient (Wildman–Crippen LogP) is 1.73. The summed E-state index contributed by atoms with van der Waals surface area (Å²) < 4.78 is 10.8. The number of nitrogens with zero attached hydrogens (tertiary/aromatic N) is 2. The van der Waals surface area contributed by atoms with E-state index in [0.29, 0.717) is 0 Å². The first-order valence-electron chi connectivity index (χ1n) is 10.2. The highest BCUT2D eigenvalue weighted by molar-refractivity contribution is 5.94. The number of nitrogens with one attached hydrogen (secondary N) is 2. The number of hydrogen-bond acceptors (Lipinski definition) is 8. The molecule has 1 saturated heterocycles. The molecule has 4 N–H and O–H groups in total. The van der Waals surface area contributed by atoms with E-state index in [4.69, 9.17) is 14.9 Å². The second kappa shape index (κ2) is 9.84. The molecule has 1 aromatic rings. The predicted molar refractivity (Wildman–Crippen MR) is 113 cm³/mol. The van der Waals surface area contributed by atoms with Crippen LogP contribution < -0.4 is 5.32 Å². The van der Waals surface area contributed by atoms with Gasteiger partial charge in [0.05, 0.1) is 18.3 Å². The van der Waals surface area contributed by atoms with E-state index in [9.17, 15) is 24.6 Å². The smallest absolute Gasteiger partial charge is 0.408 e. The number of carboxylic acids is 1. The molecule has 1 unspecified atom stereocenters. The first-order valence-corrected chi connectivity index (χ1v) is 10.2. The molecule has 0 aromatic carbocycles. The molecule has 1 aliphatic heterocycles. The second-order valence-electron chi connectivity index (χ2n) is 8.91. The number of pyridine rings is 1. The number of amides is 2. The van der Waals surface area contributed by atoms with Gasteiger partial charge in [0.25, 0.3) is 0 Å². The lowest BCUT2D eigenvalue weighted by atomic mass is 10.0. The minimum absolute atomic E-state index is 0.0491. The Bertz CT molecular complexity index is 881. The topological polar surface area (TPSA) is 162 Å². The largest absolute Gasteiger partial charge is 0.505 e. The van der Waals surface area contributed by atoms with Gasteiger partial charge in [0.15, 0.2) is 0 Å². The van der Waals surface area contributed by atoms with Crippen LogP contribution in [0.15, 0.2) is 18.5 Å². The zero-order valence-electron chi connectivity index (χ0n) is 18.8. The number of rotatable bonds is 6. The van der Waals surface area contributed by atoms with Gasteiger partial charge in [-0.05, 0) is 32.8 Å². The van der Waals surface area contributed by atoms with Gasteiger partial charge in [0, 0.05) is 12.6 Å². The van der Waals surface area contributed by atoms with Gasteiger partial charge >= 0.3 is 12.1 Å². The molecule has 2 heterocycles. The van der Waals surface area contributed by atoms with Crippen molar-refractivity contribution >= 4 is 23.9 Å². The van der Waals surface area contributed by atoms with E-state index < -0.39 is 41.8 Å². The third-order valence-corrected chi connectivity index (χ3v) is 4.76. The molecule has 2 rings (SSSR count). The monoisotopic (exact) mass is 450 g/mol. The lowest BCUT2D eigenvalue weighted by molar-refractivity contribution is -0.149. The zero-order chi connectivity index (χ0) is 24.2. The first kappa shape index (κ1) is 24.9. The SMILES string of the molecule is CC(C)C(NC(=O)OC(C)(C)C)C(=O)N1C[C@@H](OC(=N)c2ccncc2O)C[C@H]1C(=O)O. The Morgan fingerprint density at radius 1 is 1.31 bits per heavy atom. The summed E-state index contributed by atoms with van der Waals surface area (Å²) in [5.41, 5.74) is -0.660. The number of carbonyl (C=O) groups is 3. The molecule has 3 atom stereocenters. The summed E-state index contributed by atoms with van der Waals surface area (Å²) in [4.78, 5) is 42.1. The molecule has 11 heteroatoms. The highest BCUT2D eigenvalue weighted by atomic mass is 16.6. The van der Waals surface area contributed by atoms with Gasteiger partial charge in [-0.2, -0.15) is 0 Å². The van der Waals surface area contributed by atoms with Gasteiger partial charge < -0.3 is 29.9 Å². The number of alkyl carbamates (subject to hydrolysis) is 1. The molecule has 1 fully saturated rings. The van der Waals surface area contributed by atoms with E-state index in [1.165, 1.54) is 12.3 Å². The number of carboxylic acid groups (broad SMARTS) is 1. The normalized spacial score (nSPS) is 19.4. The number of likely N-dealkylation sites (tertiary alicyclic amines) is 1. The quantitative estimate of drug-likeness (QED) is 0.376. The molecule has 0 bridgehead atoms. The number of hydrogen-bond donors (Lipinski definition) is 4. The van der Waals surface area contributed by atoms with Crippen LogP contribution in [0, 0.1) is 11.3 Å². The average Bonchev–Trinajstić information content (AvgIpc) is 3.08. The van der Waals surface area contributed by atoms with Crippen molar-refractivity contribution in [1.29, 1.82) is 5.41 Å². The summed E-state index contributed by atoms with van der Waals surface area (Å²) in [5, 5.41) is 30.1. The lowest BCUT2D eigenvalue weighted by Gasteiger charge is -2.30. The molecular formula is C21H30N4O7. The molecule has 176 valence electrons. The van der Waals surface area contributed by atoms with Crippen LogP contribution in [0.5, 0.6) is 5.75 Å². The molecular weight excluding hydrogens is 420 g/mol. The third kappa shape index (κ3) is 6.32. The molecule has 0 spiro atoms. The number of aromatic hydroxyl groups is 1. The summed E-state index contributed by atoms with van der Waals surface area (Å²) >= 11 is 0. The number of ether oxygens (including phenoxy) is 2. The van der Waals surface area contributed by atoms with Crippen molar-refractivity contribution in [3.63, 3.8) is 0 Å². The zero-order valence-corrected chi connectivity index (χ0v) is 18.8. The van der Waals surface area contributed by atoms with Crippen LogP contribution in [0.4, 0.5) is 4.79 Å². The molecule has 1 aromatic heterocycles. The Kier molecular flexibility index (Phi) is 7.65. The summed E-state index contributed by atoms with van der Waals surface area (Å²) in [7, 11) is 0. The van der Waals surface area contributed by atoms with Gasteiger partial charge in [0.1, 0.15) is 29.5 Å². The van der Waals surface area contributed by atoms with Crippen molar-refractivity contribution in [2.75, 3.05) is 6.54 Å².